The van der Waals surface area contributed by atoms with E-state index in [0.29, 0.717) is 19.4 Å². The zero-order valence-corrected chi connectivity index (χ0v) is 13.7. The minimum atomic E-state index is -0.266. The van der Waals surface area contributed by atoms with Crippen LogP contribution in [0.3, 0.4) is 0 Å². The first-order chi connectivity index (χ1) is 11.7. The van der Waals surface area contributed by atoms with E-state index in [9.17, 15) is 9.59 Å². The minimum absolute atomic E-state index is 0.0410. The molecule has 124 valence electrons. The number of fused-ring (bicyclic) bond motifs is 1. The molecule has 0 bridgehead atoms. The molecule has 0 aliphatic heterocycles. The highest BCUT2D eigenvalue weighted by molar-refractivity contribution is 6.01. The molecule has 1 aliphatic rings. The Morgan fingerprint density at radius 2 is 2.00 bits per heavy atom. The first-order valence-electron chi connectivity index (χ1n) is 8.19. The second-order valence-electron chi connectivity index (χ2n) is 6.08. The van der Waals surface area contributed by atoms with E-state index in [1.54, 1.807) is 7.11 Å². The smallest absolute Gasteiger partial charge is 0.223 e. The lowest BCUT2D eigenvalue weighted by atomic mass is 9.82. The summed E-state index contributed by atoms with van der Waals surface area (Å²) in [5.41, 5.74) is 2.85. The van der Waals surface area contributed by atoms with Crippen molar-refractivity contribution in [1.82, 2.24) is 5.32 Å². The fourth-order valence-electron chi connectivity index (χ4n) is 3.13. The van der Waals surface area contributed by atoms with Gasteiger partial charge in [-0.2, -0.15) is 0 Å². The molecule has 0 spiro atoms. The lowest BCUT2D eigenvalue weighted by Gasteiger charge is -2.22. The van der Waals surface area contributed by atoms with Crippen molar-refractivity contribution in [3.8, 4) is 5.75 Å². The number of carbonyl (C=O) groups excluding carboxylic acids is 2. The summed E-state index contributed by atoms with van der Waals surface area (Å²) in [7, 11) is 1.64. The van der Waals surface area contributed by atoms with Crippen LogP contribution in [0.15, 0.2) is 48.5 Å². The van der Waals surface area contributed by atoms with Crippen LogP contribution in [0.1, 0.15) is 27.9 Å². The molecular weight excluding hydrogens is 302 g/mol. The Labute approximate surface area is 141 Å². The molecule has 0 aromatic heterocycles. The summed E-state index contributed by atoms with van der Waals surface area (Å²) in [6.07, 6.45) is 1.66. The Hall–Kier alpha value is -2.62. The van der Waals surface area contributed by atoms with Crippen molar-refractivity contribution in [3.63, 3.8) is 0 Å². The van der Waals surface area contributed by atoms with Crippen molar-refractivity contribution < 1.29 is 14.3 Å². The molecule has 1 unspecified atom stereocenters. The van der Waals surface area contributed by atoms with Gasteiger partial charge in [-0.3, -0.25) is 9.59 Å². The Kier molecular flexibility index (Phi) is 4.94. The van der Waals surface area contributed by atoms with E-state index < -0.39 is 0 Å². The van der Waals surface area contributed by atoms with Gasteiger partial charge in [-0.15, -0.1) is 0 Å². The fraction of sp³-hybridized carbons (Fsp3) is 0.300. The Morgan fingerprint density at radius 1 is 1.17 bits per heavy atom. The summed E-state index contributed by atoms with van der Waals surface area (Å²) >= 11 is 0. The fourth-order valence-corrected chi connectivity index (χ4v) is 3.13. The van der Waals surface area contributed by atoms with Gasteiger partial charge in [0.1, 0.15) is 5.75 Å². The number of benzene rings is 2. The molecule has 1 aliphatic carbocycles. The van der Waals surface area contributed by atoms with Crippen molar-refractivity contribution in [2.45, 2.75) is 19.3 Å². The van der Waals surface area contributed by atoms with Crippen LogP contribution in [0.5, 0.6) is 5.75 Å². The standard InChI is InChI=1S/C20H21NO3/c1-24-17-7-4-5-14(11-17)9-10-21-20(23)16-12-15-6-2-3-8-18(15)19(22)13-16/h2-8,11,16H,9-10,12-13H2,1H3,(H,21,23). The number of carbonyl (C=O) groups is 2. The van der Waals surface area contributed by atoms with E-state index in [0.717, 1.165) is 28.9 Å². The molecule has 0 radical (unpaired) electrons. The Bertz CT molecular complexity index is 754. The van der Waals surface area contributed by atoms with Gasteiger partial charge in [-0.1, -0.05) is 36.4 Å². The Balaban J connectivity index is 1.55. The van der Waals surface area contributed by atoms with Gasteiger partial charge in [0.05, 0.1) is 7.11 Å². The van der Waals surface area contributed by atoms with Crippen LogP contribution < -0.4 is 10.1 Å². The number of nitrogens with one attached hydrogen (secondary N) is 1. The largest absolute Gasteiger partial charge is 0.497 e. The van der Waals surface area contributed by atoms with Crippen molar-refractivity contribution in [1.29, 1.82) is 0 Å². The average Bonchev–Trinajstić information content (AvgIpc) is 2.62. The molecule has 24 heavy (non-hydrogen) atoms. The number of ether oxygens (including phenoxy) is 1. The van der Waals surface area contributed by atoms with Crippen LogP contribution in [-0.2, 0) is 17.6 Å². The molecule has 2 aromatic rings. The van der Waals surface area contributed by atoms with Gasteiger partial charge in [-0.05, 0) is 36.1 Å². The number of rotatable bonds is 5. The van der Waals surface area contributed by atoms with Gasteiger partial charge in [0.25, 0.3) is 0 Å². The second-order valence-corrected chi connectivity index (χ2v) is 6.08. The third-order valence-corrected chi connectivity index (χ3v) is 4.43. The number of Topliss-reactive ketones (excluding diaryl/α,β-unsaturated/α-hetero) is 1. The van der Waals surface area contributed by atoms with Crippen molar-refractivity contribution >= 4 is 11.7 Å². The summed E-state index contributed by atoms with van der Waals surface area (Å²) in [4.78, 5) is 24.6. The van der Waals surface area contributed by atoms with Gasteiger partial charge in [0.2, 0.25) is 5.91 Å². The van der Waals surface area contributed by atoms with E-state index in [1.165, 1.54) is 0 Å². The summed E-state index contributed by atoms with van der Waals surface area (Å²) in [6.45, 7) is 0.554. The van der Waals surface area contributed by atoms with Gasteiger partial charge < -0.3 is 10.1 Å². The molecule has 1 atom stereocenters. The summed E-state index contributed by atoms with van der Waals surface area (Å²) in [5, 5.41) is 2.96. The van der Waals surface area contributed by atoms with Crippen LogP contribution >= 0.6 is 0 Å². The highest BCUT2D eigenvalue weighted by Crippen LogP contribution is 2.25. The average molecular weight is 323 g/mol. The quantitative estimate of drug-likeness (QED) is 0.920. The summed E-state index contributed by atoms with van der Waals surface area (Å²) < 4.78 is 5.20. The van der Waals surface area contributed by atoms with Crippen LogP contribution in [0.2, 0.25) is 0 Å². The highest BCUT2D eigenvalue weighted by atomic mass is 16.5. The van der Waals surface area contributed by atoms with E-state index in [-0.39, 0.29) is 17.6 Å². The van der Waals surface area contributed by atoms with Crippen LogP contribution in [0, 0.1) is 5.92 Å². The van der Waals surface area contributed by atoms with Gasteiger partial charge in [0.15, 0.2) is 5.78 Å². The zero-order valence-electron chi connectivity index (χ0n) is 13.7. The molecule has 0 heterocycles. The first-order valence-corrected chi connectivity index (χ1v) is 8.19. The van der Waals surface area contributed by atoms with Gasteiger partial charge in [0, 0.05) is 24.4 Å². The van der Waals surface area contributed by atoms with E-state index in [4.69, 9.17) is 4.74 Å². The lowest BCUT2D eigenvalue weighted by Crippen LogP contribution is -2.36. The van der Waals surface area contributed by atoms with Gasteiger partial charge in [-0.25, -0.2) is 0 Å². The molecule has 0 saturated carbocycles. The molecule has 2 aromatic carbocycles. The number of methoxy groups -OCH3 is 1. The SMILES string of the molecule is COc1cccc(CCNC(=O)C2CC(=O)c3ccccc3C2)c1. The highest BCUT2D eigenvalue weighted by Gasteiger charge is 2.29. The van der Waals surface area contributed by atoms with E-state index in [1.807, 2.05) is 48.5 Å². The van der Waals surface area contributed by atoms with E-state index >= 15 is 0 Å². The third-order valence-electron chi connectivity index (χ3n) is 4.43. The van der Waals surface area contributed by atoms with Crippen molar-refractivity contribution in [3.05, 3.63) is 65.2 Å². The third kappa shape index (κ3) is 3.65. The van der Waals surface area contributed by atoms with E-state index in [2.05, 4.69) is 5.32 Å². The maximum atomic E-state index is 12.4. The Morgan fingerprint density at radius 3 is 2.83 bits per heavy atom. The van der Waals surface area contributed by atoms with Gasteiger partial charge >= 0.3 is 0 Å². The first kappa shape index (κ1) is 16.2. The summed E-state index contributed by atoms with van der Waals surface area (Å²) in [5.74, 6) is 0.566. The molecule has 0 saturated heterocycles. The summed E-state index contributed by atoms with van der Waals surface area (Å²) in [6, 6.07) is 15.4. The molecule has 3 rings (SSSR count). The number of ketones is 1. The maximum Gasteiger partial charge on any atom is 0.223 e. The van der Waals surface area contributed by atoms with Crippen LogP contribution in [0.4, 0.5) is 0 Å². The predicted molar refractivity (Wildman–Crippen MR) is 92.3 cm³/mol. The predicted octanol–water partition coefficient (Wildman–Crippen LogP) is 2.80. The van der Waals surface area contributed by atoms with Crippen LogP contribution in [-0.4, -0.2) is 25.3 Å². The molecule has 4 nitrogen and oxygen atoms in total. The molecule has 1 amide bonds. The minimum Gasteiger partial charge on any atom is -0.497 e. The molecule has 0 fully saturated rings. The molecule has 4 heteroatoms. The topological polar surface area (TPSA) is 55.4 Å². The molecule has 1 N–H and O–H groups in total. The zero-order chi connectivity index (χ0) is 16.9. The normalized spacial score (nSPS) is 16.4. The molecular formula is C20H21NO3. The lowest BCUT2D eigenvalue weighted by molar-refractivity contribution is -0.125. The van der Waals surface area contributed by atoms with Crippen LogP contribution in [0.25, 0.3) is 0 Å². The number of hydrogen-bond donors (Lipinski definition) is 1. The maximum absolute atomic E-state index is 12.4. The number of amides is 1. The van der Waals surface area contributed by atoms with Crippen molar-refractivity contribution in [2.24, 2.45) is 5.92 Å². The number of hydrogen-bond acceptors (Lipinski definition) is 3. The second kappa shape index (κ2) is 7.30. The van der Waals surface area contributed by atoms with Crippen molar-refractivity contribution in [2.75, 3.05) is 13.7 Å². The monoisotopic (exact) mass is 323 g/mol.